The molecular weight excluding hydrogens is 447 g/mol. The number of benzene rings is 2. The number of alkyl halides is 3. The Kier molecular flexibility index (Phi) is 7.12. The van der Waals surface area contributed by atoms with Gasteiger partial charge in [0.05, 0.1) is 20.4 Å². The highest BCUT2D eigenvalue weighted by Crippen LogP contribution is 2.36. The molecule has 0 bridgehead atoms. The number of rotatable bonds is 7. The van der Waals surface area contributed by atoms with Gasteiger partial charge in [0.25, 0.3) is 5.69 Å². The van der Waals surface area contributed by atoms with E-state index in [0.717, 1.165) is 40.7 Å². The molecule has 12 heteroatoms. The smallest absolute Gasteiger partial charge is 0.323 e. The van der Waals surface area contributed by atoms with E-state index in [0.29, 0.717) is 0 Å². The minimum atomic E-state index is -4.69. The van der Waals surface area contributed by atoms with Gasteiger partial charge in [-0.15, -0.1) is 0 Å². The molecule has 0 saturated heterocycles. The number of non-ortho nitro benzene ring substituents is 1. The van der Waals surface area contributed by atoms with E-state index in [2.05, 4.69) is 0 Å². The van der Waals surface area contributed by atoms with E-state index in [9.17, 15) is 31.7 Å². The second-order valence-electron chi connectivity index (χ2n) is 6.76. The fourth-order valence-corrected chi connectivity index (χ4v) is 4.64. The summed E-state index contributed by atoms with van der Waals surface area (Å²) in [6, 6.07) is 5.81. The minimum Gasteiger partial charge on any atom is -0.323 e. The fraction of sp³-hybridized carbons (Fsp3) is 0.333. The van der Waals surface area contributed by atoms with Crippen LogP contribution >= 0.6 is 11.6 Å². The molecule has 0 saturated carbocycles. The Hall–Kier alpha value is -2.21. The predicted molar refractivity (Wildman–Crippen MR) is 106 cm³/mol. The lowest BCUT2D eigenvalue weighted by molar-refractivity contribution is -0.384. The van der Waals surface area contributed by atoms with Gasteiger partial charge in [0.1, 0.15) is 0 Å². The Morgan fingerprint density at radius 1 is 1.17 bits per heavy atom. The minimum absolute atomic E-state index is 0.0660. The van der Waals surface area contributed by atoms with Gasteiger partial charge < -0.3 is 5.73 Å². The van der Waals surface area contributed by atoms with E-state index in [1.165, 1.54) is 6.07 Å². The molecule has 2 N–H and O–H groups in total. The molecule has 0 aliphatic carbocycles. The third-order valence-electron chi connectivity index (χ3n) is 4.33. The van der Waals surface area contributed by atoms with Crippen molar-refractivity contribution >= 4 is 27.3 Å². The molecule has 30 heavy (non-hydrogen) atoms. The van der Waals surface area contributed by atoms with Crippen molar-refractivity contribution in [3.63, 3.8) is 0 Å². The SMILES string of the molecule is CC(C)N(C[C@H](N)c1ccc(Cl)c(C(F)(F)F)c1)S(=O)(=O)c1ccc([N+](=O)[O-])cc1. The number of halogens is 4. The van der Waals surface area contributed by atoms with Crippen molar-refractivity contribution in [2.24, 2.45) is 5.73 Å². The molecule has 0 amide bonds. The fourth-order valence-electron chi connectivity index (χ4n) is 2.75. The summed E-state index contributed by atoms with van der Waals surface area (Å²) in [6.07, 6.45) is -4.69. The van der Waals surface area contributed by atoms with Crippen LogP contribution in [0.25, 0.3) is 0 Å². The van der Waals surface area contributed by atoms with E-state index in [1.54, 1.807) is 13.8 Å². The lowest BCUT2D eigenvalue weighted by Gasteiger charge is -2.29. The maximum absolute atomic E-state index is 13.1. The van der Waals surface area contributed by atoms with Crippen molar-refractivity contribution in [3.8, 4) is 0 Å². The molecule has 0 fully saturated rings. The van der Waals surface area contributed by atoms with Crippen LogP contribution < -0.4 is 5.73 Å². The number of nitro benzene ring substituents is 1. The van der Waals surface area contributed by atoms with E-state index >= 15 is 0 Å². The topological polar surface area (TPSA) is 107 Å². The molecule has 0 unspecified atom stereocenters. The van der Waals surface area contributed by atoms with E-state index in [-0.39, 0.29) is 22.7 Å². The van der Waals surface area contributed by atoms with Gasteiger partial charge in [0.2, 0.25) is 10.0 Å². The monoisotopic (exact) mass is 465 g/mol. The number of hydrogen-bond donors (Lipinski definition) is 1. The summed E-state index contributed by atoms with van der Waals surface area (Å²) in [7, 11) is -4.11. The maximum Gasteiger partial charge on any atom is 0.417 e. The summed E-state index contributed by atoms with van der Waals surface area (Å²) < 4.78 is 66.3. The molecule has 2 aromatic carbocycles. The average Bonchev–Trinajstić information content (AvgIpc) is 2.64. The van der Waals surface area contributed by atoms with E-state index < -0.39 is 43.8 Å². The van der Waals surface area contributed by atoms with Crippen molar-refractivity contribution in [2.75, 3.05) is 6.54 Å². The van der Waals surface area contributed by atoms with Crippen molar-refractivity contribution in [1.82, 2.24) is 4.31 Å². The zero-order valence-electron chi connectivity index (χ0n) is 15.9. The number of nitrogens with two attached hydrogens (primary N) is 1. The van der Waals surface area contributed by atoms with Crippen molar-refractivity contribution in [2.45, 2.75) is 37.0 Å². The Labute approximate surface area is 176 Å². The van der Waals surface area contributed by atoms with Gasteiger partial charge in [-0.1, -0.05) is 17.7 Å². The van der Waals surface area contributed by atoms with Crippen LogP contribution in [-0.4, -0.2) is 30.2 Å². The van der Waals surface area contributed by atoms with Crippen LogP contribution in [-0.2, 0) is 16.2 Å². The molecule has 0 spiro atoms. The molecule has 164 valence electrons. The van der Waals surface area contributed by atoms with Crippen LogP contribution in [0.4, 0.5) is 18.9 Å². The Bertz CT molecular complexity index is 1030. The van der Waals surface area contributed by atoms with E-state index in [1.807, 2.05) is 0 Å². The summed E-state index contributed by atoms with van der Waals surface area (Å²) in [5.41, 5.74) is 4.76. The molecule has 2 rings (SSSR count). The van der Waals surface area contributed by atoms with Gasteiger partial charge in [-0.3, -0.25) is 10.1 Å². The zero-order chi connectivity index (χ0) is 22.9. The first kappa shape index (κ1) is 24.1. The average molecular weight is 466 g/mol. The standard InChI is InChI=1S/C18H19ClF3N3O4S/c1-11(2)24(30(28,29)14-6-4-13(5-7-14)25(26)27)10-17(23)12-3-8-16(19)15(9-12)18(20,21)22/h3-9,11,17H,10,23H2,1-2H3/t17-/m0/s1. The first-order valence-electron chi connectivity index (χ1n) is 8.63. The molecule has 0 radical (unpaired) electrons. The highest BCUT2D eigenvalue weighted by molar-refractivity contribution is 7.89. The second-order valence-corrected chi connectivity index (χ2v) is 9.06. The third-order valence-corrected chi connectivity index (χ3v) is 6.72. The Balaban J connectivity index is 2.36. The zero-order valence-corrected chi connectivity index (χ0v) is 17.5. The molecule has 1 atom stereocenters. The van der Waals surface area contributed by atoms with E-state index in [4.69, 9.17) is 17.3 Å². The Morgan fingerprint density at radius 3 is 2.20 bits per heavy atom. The lowest BCUT2D eigenvalue weighted by atomic mass is 10.0. The van der Waals surface area contributed by atoms with Crippen molar-refractivity contribution in [1.29, 1.82) is 0 Å². The molecular formula is C18H19ClF3N3O4S. The molecule has 0 aromatic heterocycles. The van der Waals surface area contributed by atoms with Crippen molar-refractivity contribution < 1.29 is 26.5 Å². The highest BCUT2D eigenvalue weighted by atomic mass is 35.5. The van der Waals surface area contributed by atoms with Gasteiger partial charge in [-0.2, -0.15) is 17.5 Å². The number of sulfonamides is 1. The van der Waals surface area contributed by atoms with Crippen LogP contribution in [0.15, 0.2) is 47.4 Å². The summed E-state index contributed by atoms with van der Waals surface area (Å²) >= 11 is 5.61. The second kappa shape index (κ2) is 8.88. The van der Waals surface area contributed by atoms with Gasteiger partial charge in [-0.25, -0.2) is 8.42 Å². The molecule has 0 heterocycles. The first-order chi connectivity index (χ1) is 13.7. The molecule has 0 aliphatic heterocycles. The Morgan fingerprint density at radius 2 is 1.73 bits per heavy atom. The lowest BCUT2D eigenvalue weighted by Crippen LogP contribution is -2.41. The van der Waals surface area contributed by atoms with Crippen molar-refractivity contribution in [3.05, 3.63) is 68.7 Å². The maximum atomic E-state index is 13.1. The third kappa shape index (κ3) is 5.28. The normalized spacial score (nSPS) is 13.6. The van der Waals surface area contributed by atoms with Crippen LogP contribution in [0.1, 0.15) is 31.0 Å². The van der Waals surface area contributed by atoms with Gasteiger partial charge >= 0.3 is 6.18 Å². The number of hydrogen-bond acceptors (Lipinski definition) is 5. The van der Waals surface area contributed by atoms with Crippen LogP contribution in [0.5, 0.6) is 0 Å². The van der Waals surface area contributed by atoms with Gasteiger partial charge in [0.15, 0.2) is 0 Å². The van der Waals surface area contributed by atoms with Crippen LogP contribution in [0.2, 0.25) is 5.02 Å². The molecule has 2 aromatic rings. The van der Waals surface area contributed by atoms with Crippen LogP contribution in [0, 0.1) is 10.1 Å². The largest absolute Gasteiger partial charge is 0.417 e. The summed E-state index contributed by atoms with van der Waals surface area (Å²) in [5, 5.41) is 10.3. The summed E-state index contributed by atoms with van der Waals surface area (Å²) in [4.78, 5) is 9.91. The van der Waals surface area contributed by atoms with Crippen LogP contribution in [0.3, 0.4) is 0 Å². The highest BCUT2D eigenvalue weighted by Gasteiger charge is 2.34. The van der Waals surface area contributed by atoms with Gasteiger partial charge in [-0.05, 0) is 43.7 Å². The number of nitro groups is 1. The summed E-state index contributed by atoms with van der Waals surface area (Å²) in [6.45, 7) is 2.85. The number of nitrogens with zero attached hydrogens (tertiary/aromatic N) is 2. The molecule has 7 nitrogen and oxygen atoms in total. The van der Waals surface area contributed by atoms with Gasteiger partial charge in [0, 0.05) is 30.8 Å². The quantitative estimate of drug-likeness (QED) is 0.482. The first-order valence-corrected chi connectivity index (χ1v) is 10.5. The molecule has 0 aliphatic rings. The predicted octanol–water partition coefficient (Wildman–Crippen LogP) is 4.37. The summed E-state index contributed by atoms with van der Waals surface area (Å²) in [5.74, 6) is 0.